The van der Waals surface area contributed by atoms with E-state index in [9.17, 15) is 18.4 Å². The molecule has 0 atom stereocenters. The van der Waals surface area contributed by atoms with Crippen LogP contribution in [0.15, 0.2) is 27.8 Å². The Hall–Kier alpha value is -3.15. The summed E-state index contributed by atoms with van der Waals surface area (Å²) in [7, 11) is 2.70. The Bertz CT molecular complexity index is 928. The summed E-state index contributed by atoms with van der Waals surface area (Å²) in [6.45, 7) is 0.174. The fourth-order valence-electron chi connectivity index (χ4n) is 2.06. The first-order valence-electron chi connectivity index (χ1n) is 6.88. The van der Waals surface area contributed by atoms with Crippen molar-refractivity contribution in [1.82, 2.24) is 9.13 Å². The third kappa shape index (κ3) is 3.27. The molecular formula is C15H14F2N4O3. The Kier molecular flexibility index (Phi) is 4.99. The highest BCUT2D eigenvalue weighted by atomic mass is 19.2. The van der Waals surface area contributed by atoms with Crippen LogP contribution in [0.3, 0.4) is 0 Å². The maximum atomic E-state index is 13.0. The van der Waals surface area contributed by atoms with Crippen LogP contribution in [0.5, 0.6) is 5.75 Å². The number of nitriles is 1. The van der Waals surface area contributed by atoms with Crippen LogP contribution in [-0.4, -0.2) is 22.3 Å². The lowest BCUT2D eigenvalue weighted by molar-refractivity contribution is 0.329. The first-order chi connectivity index (χ1) is 11.4. The van der Waals surface area contributed by atoms with Gasteiger partial charge in [0.1, 0.15) is 24.2 Å². The van der Waals surface area contributed by atoms with E-state index in [0.29, 0.717) is 0 Å². The van der Waals surface area contributed by atoms with E-state index in [1.54, 1.807) is 6.07 Å². The molecule has 9 heteroatoms. The van der Waals surface area contributed by atoms with E-state index in [1.807, 2.05) is 0 Å². The third-order valence-electron chi connectivity index (χ3n) is 3.33. The van der Waals surface area contributed by atoms with Crippen molar-refractivity contribution < 1.29 is 13.5 Å². The molecule has 1 heterocycles. The Labute approximate surface area is 135 Å². The fraction of sp³-hybridized carbons (Fsp3) is 0.267. The lowest BCUT2D eigenvalue weighted by Crippen LogP contribution is -2.40. The molecule has 7 nitrogen and oxygen atoms in total. The van der Waals surface area contributed by atoms with Crippen LogP contribution in [0.1, 0.15) is 5.56 Å². The number of benzene rings is 1. The number of nitrogens with zero attached hydrogens (tertiary/aromatic N) is 3. The summed E-state index contributed by atoms with van der Waals surface area (Å²) in [6.07, 6.45) is 0. The van der Waals surface area contributed by atoms with Gasteiger partial charge in [-0.15, -0.1) is 0 Å². The predicted octanol–water partition coefficient (Wildman–Crippen LogP) is 0.725. The summed E-state index contributed by atoms with van der Waals surface area (Å²) < 4.78 is 33.1. The number of aromatic nitrogens is 2. The minimum atomic E-state index is -1.03. The molecule has 0 fully saturated rings. The van der Waals surface area contributed by atoms with Crippen molar-refractivity contribution in [2.75, 3.05) is 18.5 Å². The van der Waals surface area contributed by atoms with Gasteiger partial charge in [0.25, 0.3) is 5.56 Å². The highest BCUT2D eigenvalue weighted by molar-refractivity contribution is 5.51. The van der Waals surface area contributed by atoms with Gasteiger partial charge in [0.15, 0.2) is 17.2 Å². The topological polar surface area (TPSA) is 89.1 Å². The van der Waals surface area contributed by atoms with Gasteiger partial charge in [-0.05, 0) is 12.1 Å². The molecule has 0 unspecified atom stereocenters. The Morgan fingerprint density at radius 2 is 1.92 bits per heavy atom. The number of halogens is 2. The third-order valence-corrected chi connectivity index (χ3v) is 3.33. The summed E-state index contributed by atoms with van der Waals surface area (Å²) in [5, 5.41) is 11.9. The molecule has 0 aliphatic rings. The Morgan fingerprint density at radius 3 is 2.54 bits per heavy atom. The zero-order chi connectivity index (χ0) is 17.9. The van der Waals surface area contributed by atoms with Crippen molar-refractivity contribution in [3.05, 3.63) is 56.2 Å². The van der Waals surface area contributed by atoms with Gasteiger partial charge in [0.05, 0.1) is 6.54 Å². The standard InChI is InChI=1S/C15H14F2N4O3/c1-20-13(10(8-18)14(22)21(2)15(20)23)19-5-6-24-9-3-4-11(16)12(17)7-9/h3-4,7,19H,5-6H2,1-2H3. The van der Waals surface area contributed by atoms with E-state index >= 15 is 0 Å². The molecule has 0 saturated heterocycles. The molecule has 2 aromatic rings. The SMILES string of the molecule is Cn1c(NCCOc2ccc(F)c(F)c2)c(C#N)c(=O)n(C)c1=O. The van der Waals surface area contributed by atoms with E-state index in [1.165, 1.54) is 20.2 Å². The van der Waals surface area contributed by atoms with Crippen molar-refractivity contribution in [3.63, 3.8) is 0 Å². The van der Waals surface area contributed by atoms with Gasteiger partial charge in [-0.3, -0.25) is 13.9 Å². The summed E-state index contributed by atoms with van der Waals surface area (Å²) in [5.74, 6) is -1.80. The van der Waals surface area contributed by atoms with Crippen molar-refractivity contribution in [1.29, 1.82) is 5.26 Å². The summed E-state index contributed by atoms with van der Waals surface area (Å²) in [4.78, 5) is 23.8. The van der Waals surface area contributed by atoms with Gasteiger partial charge >= 0.3 is 5.69 Å². The second-order valence-corrected chi connectivity index (χ2v) is 4.89. The maximum absolute atomic E-state index is 13.0. The molecule has 1 aromatic carbocycles. The van der Waals surface area contributed by atoms with E-state index in [2.05, 4.69) is 5.32 Å². The minimum absolute atomic E-state index is 0.0410. The summed E-state index contributed by atoms with van der Waals surface area (Å²) in [6, 6.07) is 4.88. The average Bonchev–Trinajstić information content (AvgIpc) is 2.57. The monoisotopic (exact) mass is 336 g/mol. The van der Waals surface area contributed by atoms with Gasteiger partial charge in [-0.25, -0.2) is 13.6 Å². The zero-order valence-corrected chi connectivity index (χ0v) is 13.0. The lowest BCUT2D eigenvalue weighted by Gasteiger charge is -2.14. The second kappa shape index (κ2) is 6.95. The summed E-state index contributed by atoms with van der Waals surface area (Å²) in [5.41, 5.74) is -1.49. The number of anilines is 1. The number of hydrogen-bond acceptors (Lipinski definition) is 5. The molecule has 0 aliphatic heterocycles. The van der Waals surface area contributed by atoms with Gasteiger partial charge in [-0.2, -0.15) is 5.26 Å². The minimum Gasteiger partial charge on any atom is -0.492 e. The van der Waals surface area contributed by atoms with Crippen LogP contribution >= 0.6 is 0 Å². The van der Waals surface area contributed by atoms with Crippen LogP contribution in [0.2, 0.25) is 0 Å². The molecule has 0 bridgehead atoms. The smallest absolute Gasteiger partial charge is 0.332 e. The van der Waals surface area contributed by atoms with Crippen molar-refractivity contribution in [2.24, 2.45) is 14.1 Å². The molecule has 0 aliphatic carbocycles. The van der Waals surface area contributed by atoms with Crippen molar-refractivity contribution in [3.8, 4) is 11.8 Å². The van der Waals surface area contributed by atoms with Crippen molar-refractivity contribution >= 4 is 5.82 Å². The lowest BCUT2D eigenvalue weighted by atomic mass is 10.3. The highest BCUT2D eigenvalue weighted by Gasteiger charge is 2.14. The van der Waals surface area contributed by atoms with Crippen LogP contribution < -0.4 is 21.3 Å². The van der Waals surface area contributed by atoms with Crippen LogP contribution in [0, 0.1) is 23.0 Å². The molecule has 1 N–H and O–H groups in total. The highest BCUT2D eigenvalue weighted by Crippen LogP contribution is 2.15. The molecule has 1 aromatic heterocycles. The molecule has 24 heavy (non-hydrogen) atoms. The van der Waals surface area contributed by atoms with Gasteiger partial charge in [0.2, 0.25) is 0 Å². The van der Waals surface area contributed by atoms with Gasteiger partial charge < -0.3 is 10.1 Å². The number of hydrogen-bond donors (Lipinski definition) is 1. The maximum Gasteiger partial charge on any atom is 0.332 e. The number of nitrogens with one attached hydrogen (secondary N) is 1. The van der Waals surface area contributed by atoms with E-state index in [-0.39, 0.29) is 30.3 Å². The molecular weight excluding hydrogens is 322 g/mol. The molecule has 2 rings (SSSR count). The Morgan fingerprint density at radius 1 is 1.21 bits per heavy atom. The Balaban J connectivity index is 2.10. The molecule has 0 saturated carbocycles. The fourth-order valence-corrected chi connectivity index (χ4v) is 2.06. The number of rotatable bonds is 5. The van der Waals surface area contributed by atoms with Crippen molar-refractivity contribution in [2.45, 2.75) is 0 Å². The number of ether oxygens (including phenoxy) is 1. The van der Waals surface area contributed by atoms with E-state index in [4.69, 9.17) is 10.00 Å². The molecule has 0 spiro atoms. The van der Waals surface area contributed by atoms with E-state index in [0.717, 1.165) is 21.3 Å². The van der Waals surface area contributed by atoms with Gasteiger partial charge in [0, 0.05) is 20.2 Å². The van der Waals surface area contributed by atoms with Crippen LogP contribution in [0.25, 0.3) is 0 Å². The first-order valence-corrected chi connectivity index (χ1v) is 6.88. The second-order valence-electron chi connectivity index (χ2n) is 4.89. The first kappa shape index (κ1) is 17.2. The van der Waals surface area contributed by atoms with E-state index < -0.39 is 22.9 Å². The quantitative estimate of drug-likeness (QED) is 0.813. The zero-order valence-electron chi connectivity index (χ0n) is 13.0. The normalized spacial score (nSPS) is 10.3. The molecule has 0 amide bonds. The molecule has 126 valence electrons. The average molecular weight is 336 g/mol. The predicted molar refractivity (Wildman–Crippen MR) is 82.0 cm³/mol. The largest absolute Gasteiger partial charge is 0.492 e. The van der Waals surface area contributed by atoms with Crippen LogP contribution in [-0.2, 0) is 14.1 Å². The van der Waals surface area contributed by atoms with Gasteiger partial charge in [-0.1, -0.05) is 0 Å². The molecule has 0 radical (unpaired) electrons. The van der Waals surface area contributed by atoms with Crippen LogP contribution in [0.4, 0.5) is 14.6 Å². The summed E-state index contributed by atoms with van der Waals surface area (Å²) >= 11 is 0.